The molecule has 0 fully saturated rings. The average Bonchev–Trinajstić information content (AvgIpc) is 2.76. The summed E-state index contributed by atoms with van der Waals surface area (Å²) in [6.45, 7) is 3.44. The molecule has 0 aliphatic rings. The highest BCUT2D eigenvalue weighted by Gasteiger charge is 2.28. The summed E-state index contributed by atoms with van der Waals surface area (Å²) < 4.78 is 43.0. The molecule has 0 saturated carbocycles. The van der Waals surface area contributed by atoms with Crippen molar-refractivity contribution in [3.8, 4) is 17.2 Å². The van der Waals surface area contributed by atoms with Gasteiger partial charge in [0, 0.05) is 4.47 Å². The minimum atomic E-state index is -4.54. The van der Waals surface area contributed by atoms with Crippen molar-refractivity contribution in [1.29, 1.82) is 0 Å². The largest absolute Gasteiger partial charge is 0.492 e. The Hall–Kier alpha value is -2.89. The van der Waals surface area contributed by atoms with Gasteiger partial charge in [0.1, 0.15) is 10.6 Å². The highest BCUT2D eigenvalue weighted by molar-refractivity contribution is 9.10. The zero-order valence-corrected chi connectivity index (χ0v) is 20.6. The highest BCUT2D eigenvalue weighted by atomic mass is 79.9. The van der Waals surface area contributed by atoms with E-state index in [1.165, 1.54) is 24.3 Å². The maximum absolute atomic E-state index is 13.1. The van der Waals surface area contributed by atoms with Gasteiger partial charge >= 0.3 is 16.1 Å². The van der Waals surface area contributed by atoms with Gasteiger partial charge < -0.3 is 13.7 Å². The average molecular weight is 558 g/mol. The molecule has 0 aliphatic heterocycles. The van der Waals surface area contributed by atoms with Gasteiger partial charge in [-0.15, -0.1) is 0 Å². The van der Waals surface area contributed by atoms with Crippen molar-refractivity contribution in [2.75, 3.05) is 13.2 Å². The van der Waals surface area contributed by atoms with Crippen LogP contribution in [0.1, 0.15) is 24.3 Å². The first-order valence-corrected chi connectivity index (χ1v) is 12.2. The molecule has 174 valence electrons. The first kappa shape index (κ1) is 24.7. The minimum absolute atomic E-state index is 0.0158. The van der Waals surface area contributed by atoms with Gasteiger partial charge in [0.05, 0.1) is 30.0 Å². The van der Waals surface area contributed by atoms with Gasteiger partial charge in [0.15, 0.2) is 5.75 Å². The zero-order chi connectivity index (χ0) is 24.2. The Morgan fingerprint density at radius 2 is 1.82 bits per heavy atom. The van der Waals surface area contributed by atoms with E-state index in [0.717, 1.165) is 10.7 Å². The number of halogens is 2. The molecule has 3 rings (SSSR count). The molecule has 0 saturated heterocycles. The quantitative estimate of drug-likeness (QED) is 0.302. The van der Waals surface area contributed by atoms with Crippen LogP contribution in [0.3, 0.4) is 0 Å². The van der Waals surface area contributed by atoms with Gasteiger partial charge in [-0.1, -0.05) is 39.7 Å². The second kappa shape index (κ2) is 10.4. The summed E-state index contributed by atoms with van der Waals surface area (Å²) in [5, 5.41) is 4.18. The summed E-state index contributed by atoms with van der Waals surface area (Å²) in [4.78, 5) is 25.0. The summed E-state index contributed by atoms with van der Waals surface area (Å²) in [6, 6.07) is 11.5. The molecule has 33 heavy (non-hydrogen) atoms. The van der Waals surface area contributed by atoms with Crippen LogP contribution in [0.4, 0.5) is 0 Å². The Bertz CT molecular complexity index is 1360. The van der Waals surface area contributed by atoms with Crippen molar-refractivity contribution in [2.45, 2.75) is 18.7 Å². The van der Waals surface area contributed by atoms with Crippen LogP contribution in [0.2, 0.25) is 5.02 Å². The molecule has 0 unspecified atom stereocenters. The third kappa shape index (κ3) is 5.55. The van der Waals surface area contributed by atoms with E-state index in [9.17, 15) is 18.0 Å². The van der Waals surface area contributed by atoms with E-state index >= 15 is 0 Å². The summed E-state index contributed by atoms with van der Waals surface area (Å²) in [5.74, 6) is -1.54. The van der Waals surface area contributed by atoms with Gasteiger partial charge in [-0.05, 0) is 44.2 Å². The fourth-order valence-corrected chi connectivity index (χ4v) is 4.58. The number of aromatic nitrogens is 2. The highest BCUT2D eigenvalue weighted by Crippen LogP contribution is 2.31. The fourth-order valence-electron chi connectivity index (χ4n) is 2.76. The third-order valence-corrected chi connectivity index (χ3v) is 6.19. The van der Waals surface area contributed by atoms with Crippen molar-refractivity contribution < 1.29 is 26.9 Å². The lowest BCUT2D eigenvalue weighted by Crippen LogP contribution is -2.26. The number of ether oxygens (including phenoxy) is 2. The van der Waals surface area contributed by atoms with Crippen LogP contribution in [0.5, 0.6) is 11.5 Å². The molecular formula is C21H18BrClN2O7S. The predicted molar refractivity (Wildman–Crippen MR) is 124 cm³/mol. The van der Waals surface area contributed by atoms with Gasteiger partial charge in [-0.25, -0.2) is 4.79 Å². The van der Waals surface area contributed by atoms with E-state index in [0.29, 0.717) is 4.47 Å². The van der Waals surface area contributed by atoms with Crippen molar-refractivity contribution in [1.82, 2.24) is 9.78 Å². The first-order valence-electron chi connectivity index (χ1n) is 9.61. The molecule has 1 heterocycles. The molecule has 0 amide bonds. The van der Waals surface area contributed by atoms with Crippen molar-refractivity contribution in [2.24, 2.45) is 0 Å². The lowest BCUT2D eigenvalue weighted by molar-refractivity contribution is 0.0515. The smallest absolute Gasteiger partial charge is 0.362 e. The Kier molecular flexibility index (Phi) is 7.77. The molecule has 2 aromatic carbocycles. The molecule has 0 atom stereocenters. The van der Waals surface area contributed by atoms with Gasteiger partial charge in [0.25, 0.3) is 5.56 Å². The Balaban J connectivity index is 2.16. The topological polar surface area (TPSA) is 114 Å². The molecular weight excluding hydrogens is 540 g/mol. The second-order valence-electron chi connectivity index (χ2n) is 6.34. The number of benzene rings is 2. The van der Waals surface area contributed by atoms with Crippen molar-refractivity contribution >= 4 is 43.6 Å². The van der Waals surface area contributed by atoms with Crippen molar-refractivity contribution in [3.05, 3.63) is 74.1 Å². The van der Waals surface area contributed by atoms with E-state index in [2.05, 4.69) is 21.0 Å². The van der Waals surface area contributed by atoms with Crippen LogP contribution in [0.15, 0.2) is 62.7 Å². The summed E-state index contributed by atoms with van der Waals surface area (Å²) >= 11 is 9.36. The second-order valence-corrected chi connectivity index (χ2v) is 9.18. The predicted octanol–water partition coefficient (Wildman–Crippen LogP) is 3.99. The standard InChI is InChI=1S/C21H18BrClN2O7S/c1-3-30-16-10-9-13(22)11-18(16)33(28,29)32-17-12-19(26)25(15-8-6-5-7-14(15)23)24-20(17)21(27)31-4-2/h5-12H,3-4H2,1-2H3. The van der Waals surface area contributed by atoms with E-state index < -0.39 is 33.1 Å². The first-order chi connectivity index (χ1) is 15.7. The van der Waals surface area contributed by atoms with E-state index in [-0.39, 0.29) is 34.6 Å². The molecule has 1 aromatic heterocycles. The van der Waals surface area contributed by atoms with Crippen LogP contribution < -0.4 is 14.5 Å². The lowest BCUT2D eigenvalue weighted by Gasteiger charge is -2.15. The Morgan fingerprint density at radius 1 is 1.09 bits per heavy atom. The maximum atomic E-state index is 13.1. The number of hydrogen-bond acceptors (Lipinski definition) is 8. The van der Waals surface area contributed by atoms with Crippen LogP contribution in [0, 0.1) is 0 Å². The van der Waals surface area contributed by atoms with Crippen LogP contribution in [-0.4, -0.2) is 37.4 Å². The lowest BCUT2D eigenvalue weighted by atomic mass is 10.3. The summed E-state index contributed by atoms with van der Waals surface area (Å²) in [5.41, 5.74) is -1.11. The van der Waals surface area contributed by atoms with Crippen LogP contribution in [-0.2, 0) is 14.9 Å². The van der Waals surface area contributed by atoms with Crippen LogP contribution in [0.25, 0.3) is 5.69 Å². The SMILES string of the molecule is CCOC(=O)c1nn(-c2ccccc2Cl)c(=O)cc1OS(=O)(=O)c1cc(Br)ccc1OCC. The number of carbonyl (C=O) groups excluding carboxylic acids is 1. The molecule has 0 radical (unpaired) electrons. The molecule has 3 aromatic rings. The summed E-state index contributed by atoms with van der Waals surface area (Å²) in [6.07, 6.45) is 0. The minimum Gasteiger partial charge on any atom is -0.492 e. The molecule has 0 aliphatic carbocycles. The van der Waals surface area contributed by atoms with E-state index in [4.69, 9.17) is 25.3 Å². The fraction of sp³-hybridized carbons (Fsp3) is 0.190. The number of rotatable bonds is 8. The normalized spacial score (nSPS) is 11.2. The third-order valence-electron chi connectivity index (χ3n) is 4.12. The number of carbonyl (C=O) groups is 1. The van der Waals surface area contributed by atoms with Crippen molar-refractivity contribution in [3.63, 3.8) is 0 Å². The van der Waals surface area contributed by atoms with Gasteiger partial charge in [-0.2, -0.15) is 18.2 Å². The van der Waals surface area contributed by atoms with E-state index in [1.807, 2.05) is 0 Å². The molecule has 0 bridgehead atoms. The Morgan fingerprint density at radius 3 is 2.48 bits per heavy atom. The molecule has 0 spiro atoms. The van der Waals surface area contributed by atoms with Gasteiger partial charge in [0.2, 0.25) is 5.69 Å². The van der Waals surface area contributed by atoms with Crippen LogP contribution >= 0.6 is 27.5 Å². The molecule has 9 nitrogen and oxygen atoms in total. The Labute approximate surface area is 203 Å². The number of para-hydroxylation sites is 1. The van der Waals surface area contributed by atoms with E-state index in [1.54, 1.807) is 32.0 Å². The zero-order valence-electron chi connectivity index (χ0n) is 17.4. The van der Waals surface area contributed by atoms with Gasteiger partial charge in [-0.3, -0.25) is 4.79 Å². The molecule has 12 heteroatoms. The summed E-state index contributed by atoms with van der Waals surface area (Å²) in [7, 11) is -4.54. The number of hydrogen-bond donors (Lipinski definition) is 0. The number of nitrogens with zero attached hydrogens (tertiary/aromatic N) is 2. The monoisotopic (exact) mass is 556 g/mol. The maximum Gasteiger partial charge on any atom is 0.362 e. The number of esters is 1. The molecule has 0 N–H and O–H groups in total.